The van der Waals surface area contributed by atoms with E-state index in [9.17, 15) is 9.18 Å². The fourth-order valence-electron chi connectivity index (χ4n) is 2.82. The van der Waals surface area contributed by atoms with E-state index in [2.05, 4.69) is 20.9 Å². The molecule has 132 valence electrons. The number of carbonyl (C=O) groups is 1. The summed E-state index contributed by atoms with van der Waals surface area (Å²) in [6, 6.07) is 15.2. The van der Waals surface area contributed by atoms with Crippen LogP contribution in [0.3, 0.4) is 0 Å². The van der Waals surface area contributed by atoms with Crippen LogP contribution in [-0.2, 0) is 4.79 Å². The maximum absolute atomic E-state index is 13.1. The van der Waals surface area contributed by atoms with Crippen LogP contribution >= 0.6 is 11.8 Å². The molecule has 0 unspecified atom stereocenters. The van der Waals surface area contributed by atoms with E-state index in [4.69, 9.17) is 0 Å². The van der Waals surface area contributed by atoms with E-state index in [1.807, 2.05) is 37.3 Å². The van der Waals surface area contributed by atoms with Crippen molar-refractivity contribution in [3.05, 3.63) is 71.8 Å². The molecular formula is C18H16FN5OS. The lowest BCUT2D eigenvalue weighted by molar-refractivity contribution is -0.116. The molecule has 8 heteroatoms. The highest BCUT2D eigenvalue weighted by molar-refractivity contribution is 8.00. The quantitative estimate of drug-likeness (QED) is 0.742. The number of carbonyl (C=O) groups excluding carboxylic acids is 1. The molecule has 0 aliphatic carbocycles. The molecule has 2 aromatic carbocycles. The molecule has 3 aromatic rings. The molecule has 1 amide bonds. The highest BCUT2D eigenvalue weighted by atomic mass is 32.2. The number of aromatic nitrogens is 3. The Morgan fingerprint density at radius 1 is 1.15 bits per heavy atom. The van der Waals surface area contributed by atoms with Crippen LogP contribution in [0.2, 0.25) is 0 Å². The van der Waals surface area contributed by atoms with Gasteiger partial charge in [-0.3, -0.25) is 4.79 Å². The second-order valence-corrected chi connectivity index (χ2v) is 7.03. The van der Waals surface area contributed by atoms with Gasteiger partial charge >= 0.3 is 0 Å². The molecule has 2 heterocycles. The monoisotopic (exact) mass is 369 g/mol. The first-order chi connectivity index (χ1) is 12.6. The Bertz CT molecular complexity index is 929. The van der Waals surface area contributed by atoms with E-state index in [0.717, 1.165) is 11.4 Å². The van der Waals surface area contributed by atoms with Crippen LogP contribution < -0.4 is 10.7 Å². The summed E-state index contributed by atoms with van der Waals surface area (Å²) in [5.41, 5.74) is 4.87. The Morgan fingerprint density at radius 2 is 1.88 bits per heavy atom. The minimum Gasteiger partial charge on any atom is -0.325 e. The number of rotatable bonds is 3. The number of nitrogens with one attached hydrogen (secondary N) is 2. The molecule has 0 saturated carbocycles. The topological polar surface area (TPSA) is 71.8 Å². The van der Waals surface area contributed by atoms with Gasteiger partial charge in [0.2, 0.25) is 11.1 Å². The van der Waals surface area contributed by atoms with Crippen molar-refractivity contribution in [3.8, 4) is 0 Å². The highest BCUT2D eigenvalue weighted by Gasteiger charge is 2.37. The fraction of sp³-hybridized carbons (Fsp3) is 0.167. The Hall–Kier alpha value is -2.87. The van der Waals surface area contributed by atoms with Crippen LogP contribution in [0.5, 0.6) is 0 Å². The Labute approximate surface area is 153 Å². The lowest BCUT2D eigenvalue weighted by atomic mass is 10.0. The van der Waals surface area contributed by atoms with E-state index in [1.54, 1.807) is 16.8 Å². The van der Waals surface area contributed by atoms with Crippen LogP contribution in [0.1, 0.15) is 17.4 Å². The molecule has 6 nitrogen and oxygen atoms in total. The van der Waals surface area contributed by atoms with E-state index in [1.165, 1.54) is 23.9 Å². The zero-order valence-corrected chi connectivity index (χ0v) is 14.7. The van der Waals surface area contributed by atoms with Gasteiger partial charge in [0.15, 0.2) is 0 Å². The number of amides is 1. The summed E-state index contributed by atoms with van der Waals surface area (Å²) < 4.78 is 14.9. The van der Waals surface area contributed by atoms with Gasteiger partial charge in [0.1, 0.15) is 16.9 Å². The van der Waals surface area contributed by atoms with Gasteiger partial charge in [-0.2, -0.15) is 0 Å². The molecule has 0 spiro atoms. The fourth-order valence-corrected chi connectivity index (χ4v) is 3.94. The van der Waals surface area contributed by atoms with E-state index >= 15 is 0 Å². The van der Waals surface area contributed by atoms with Crippen molar-refractivity contribution in [3.63, 3.8) is 0 Å². The molecule has 2 atom stereocenters. The number of thioether (sulfide) groups is 1. The van der Waals surface area contributed by atoms with Crippen molar-refractivity contribution in [2.24, 2.45) is 0 Å². The third-order valence-electron chi connectivity index (χ3n) is 4.13. The molecule has 0 fully saturated rings. The number of hydrogen-bond donors (Lipinski definition) is 2. The first-order valence-electron chi connectivity index (χ1n) is 8.08. The molecule has 1 aliphatic heterocycles. The van der Waals surface area contributed by atoms with Gasteiger partial charge in [0, 0.05) is 5.69 Å². The molecule has 4 rings (SSSR count). The summed E-state index contributed by atoms with van der Waals surface area (Å²) in [7, 11) is 0. The number of hydrogen-bond acceptors (Lipinski definition) is 5. The van der Waals surface area contributed by atoms with E-state index in [-0.39, 0.29) is 17.8 Å². The molecule has 1 aromatic heterocycles. The lowest BCUT2D eigenvalue weighted by Gasteiger charge is -2.32. The number of nitrogens with zero attached hydrogens (tertiary/aromatic N) is 3. The van der Waals surface area contributed by atoms with Crippen molar-refractivity contribution in [2.75, 3.05) is 10.7 Å². The molecule has 0 saturated heterocycles. The van der Waals surface area contributed by atoms with Crippen molar-refractivity contribution in [2.45, 2.75) is 23.4 Å². The van der Waals surface area contributed by atoms with Gasteiger partial charge in [-0.05, 0) is 36.8 Å². The molecule has 1 aliphatic rings. The maximum Gasteiger partial charge on any atom is 0.240 e. The Kier molecular flexibility index (Phi) is 4.34. The average Bonchev–Trinajstić information content (AvgIpc) is 3.03. The largest absolute Gasteiger partial charge is 0.325 e. The molecule has 2 N–H and O–H groups in total. The van der Waals surface area contributed by atoms with Gasteiger partial charge in [-0.15, -0.1) is 10.2 Å². The minimum absolute atomic E-state index is 0.185. The van der Waals surface area contributed by atoms with Crippen molar-refractivity contribution in [1.29, 1.82) is 0 Å². The smallest absolute Gasteiger partial charge is 0.240 e. The molecule has 0 radical (unpaired) electrons. The SMILES string of the molecule is Cc1nnc2n1N[C@@H](c1ccccc1)[C@H](C(=O)Nc1ccc(F)cc1)S2. The standard InChI is InChI=1S/C18H16FN5OS/c1-11-21-22-18-24(11)23-15(12-5-3-2-4-6-12)16(26-18)17(25)20-14-9-7-13(19)8-10-14/h2-10,15-16,23H,1H3,(H,20,25)/t15-,16+/m0/s1. The van der Waals surface area contributed by atoms with Crippen LogP contribution in [-0.4, -0.2) is 26.0 Å². The summed E-state index contributed by atoms with van der Waals surface area (Å²) >= 11 is 1.35. The van der Waals surface area contributed by atoms with Gasteiger partial charge in [-0.1, -0.05) is 42.1 Å². The third-order valence-corrected chi connectivity index (χ3v) is 5.34. The first-order valence-corrected chi connectivity index (χ1v) is 8.96. The predicted octanol–water partition coefficient (Wildman–Crippen LogP) is 3.12. The average molecular weight is 369 g/mol. The summed E-state index contributed by atoms with van der Waals surface area (Å²) in [4.78, 5) is 12.9. The van der Waals surface area contributed by atoms with Crippen LogP contribution in [0.15, 0.2) is 59.8 Å². The van der Waals surface area contributed by atoms with Crippen LogP contribution in [0.4, 0.5) is 10.1 Å². The Balaban J connectivity index is 1.64. The zero-order chi connectivity index (χ0) is 18.1. The lowest BCUT2D eigenvalue weighted by Crippen LogP contribution is -2.41. The van der Waals surface area contributed by atoms with Gasteiger partial charge in [0.25, 0.3) is 0 Å². The van der Waals surface area contributed by atoms with Crippen LogP contribution in [0, 0.1) is 12.7 Å². The van der Waals surface area contributed by atoms with Gasteiger partial charge < -0.3 is 10.7 Å². The third kappa shape index (κ3) is 3.15. The predicted molar refractivity (Wildman–Crippen MR) is 98.0 cm³/mol. The summed E-state index contributed by atoms with van der Waals surface area (Å²) in [6.45, 7) is 1.85. The second-order valence-electron chi connectivity index (χ2n) is 5.92. The van der Waals surface area contributed by atoms with Gasteiger partial charge in [0.05, 0.1) is 6.04 Å². The maximum atomic E-state index is 13.1. The molecule has 26 heavy (non-hydrogen) atoms. The van der Waals surface area contributed by atoms with Crippen molar-refractivity contribution in [1.82, 2.24) is 14.9 Å². The molecule has 0 bridgehead atoms. The van der Waals surface area contributed by atoms with Crippen LogP contribution in [0.25, 0.3) is 0 Å². The highest BCUT2D eigenvalue weighted by Crippen LogP contribution is 2.37. The van der Waals surface area contributed by atoms with Gasteiger partial charge in [-0.25, -0.2) is 9.07 Å². The molecular weight excluding hydrogens is 353 g/mol. The number of halogens is 1. The second kappa shape index (κ2) is 6.80. The Morgan fingerprint density at radius 3 is 2.62 bits per heavy atom. The van der Waals surface area contributed by atoms with Crippen molar-refractivity contribution < 1.29 is 9.18 Å². The normalized spacial score (nSPS) is 18.7. The van der Waals surface area contributed by atoms with E-state index < -0.39 is 5.25 Å². The number of aryl methyl sites for hydroxylation is 1. The first kappa shape index (κ1) is 16.6. The number of anilines is 1. The summed E-state index contributed by atoms with van der Waals surface area (Å²) in [5.74, 6) is 0.197. The summed E-state index contributed by atoms with van der Waals surface area (Å²) in [5, 5.41) is 11.2. The minimum atomic E-state index is -0.460. The van der Waals surface area contributed by atoms with Crippen molar-refractivity contribution >= 4 is 23.4 Å². The van der Waals surface area contributed by atoms with E-state index in [0.29, 0.717) is 10.8 Å². The number of benzene rings is 2. The number of fused-ring (bicyclic) bond motifs is 1. The summed E-state index contributed by atoms with van der Waals surface area (Å²) in [6.07, 6.45) is 0. The zero-order valence-electron chi connectivity index (χ0n) is 13.9.